The van der Waals surface area contributed by atoms with Crippen LogP contribution in [-0.4, -0.2) is 23.6 Å². The van der Waals surface area contributed by atoms with E-state index in [0.29, 0.717) is 24.8 Å². The van der Waals surface area contributed by atoms with Gasteiger partial charge in [-0.15, -0.1) is 0 Å². The molecular weight excluding hydrogens is 1170 g/mol. The molecule has 0 spiro atoms. The van der Waals surface area contributed by atoms with Crippen LogP contribution in [0.3, 0.4) is 0 Å². The zero-order chi connectivity index (χ0) is 53.9. The van der Waals surface area contributed by atoms with E-state index >= 15 is 0 Å². The number of hydrogen-bond donors (Lipinski definition) is 2. The first-order chi connectivity index (χ1) is 38.0. The Labute approximate surface area is 504 Å². The summed E-state index contributed by atoms with van der Waals surface area (Å²) in [6.07, 6.45) is 0. The van der Waals surface area contributed by atoms with Crippen molar-refractivity contribution < 1.29 is 55.0 Å². The molecule has 2 aliphatic rings. The van der Waals surface area contributed by atoms with Crippen LogP contribution in [0.1, 0.15) is 79.8 Å². The third-order valence-electron chi connectivity index (χ3n) is 15.8. The van der Waals surface area contributed by atoms with Crippen molar-refractivity contribution in [3.63, 3.8) is 0 Å². The third-order valence-corrected chi connectivity index (χ3v) is 15.8. The molecule has 12 rings (SSSR count). The first-order valence-electron chi connectivity index (χ1n) is 27.2. The van der Waals surface area contributed by atoms with Crippen LogP contribution in [0.15, 0.2) is 243 Å². The van der Waals surface area contributed by atoms with Gasteiger partial charge in [-0.25, -0.2) is 0 Å². The fourth-order valence-electron chi connectivity index (χ4n) is 12.8. The molecule has 0 unspecified atom stereocenters. The summed E-state index contributed by atoms with van der Waals surface area (Å²) in [6.45, 7) is 14.7. The Balaban J connectivity index is 0.000000189. The molecular formula is C72H68Ag2N4O2. The molecule has 80 heavy (non-hydrogen) atoms. The first kappa shape index (κ1) is 57.2. The minimum Gasteiger partial charge on any atom is -0.507 e. The van der Waals surface area contributed by atoms with Gasteiger partial charge >= 0.3 is 0 Å². The maximum absolute atomic E-state index is 10.8. The quantitative estimate of drug-likeness (QED) is 0.133. The van der Waals surface area contributed by atoms with E-state index in [9.17, 15) is 10.2 Å². The largest absolute Gasteiger partial charge is 0.507 e. The number of phenols is 2. The molecule has 10 aromatic rings. The van der Waals surface area contributed by atoms with E-state index in [-0.39, 0.29) is 68.9 Å². The predicted octanol–water partition coefficient (Wildman–Crippen LogP) is 17.5. The van der Waals surface area contributed by atoms with Crippen LogP contribution in [0.4, 0.5) is 22.7 Å². The maximum atomic E-state index is 10.8. The van der Waals surface area contributed by atoms with Crippen LogP contribution in [0.2, 0.25) is 0 Å². The van der Waals surface area contributed by atoms with Crippen molar-refractivity contribution in [2.45, 2.75) is 65.7 Å². The summed E-state index contributed by atoms with van der Waals surface area (Å²) in [7, 11) is 0. The standard InChI is InChI=1S/2C36H34N2O.2Ag/c2*1-25-22-26(2)34(27(3)23-25)38-24-37(32-20-12-10-18-30(32)31-19-11-13-21-33(31)39)35(28-14-6-4-7-15-28)36(38)29-16-8-5-9-17-29;;/h2*4-23,35-36,39H,24H2,1-3H3;;/t2*35-,36-;;/m00../s1. The summed E-state index contributed by atoms with van der Waals surface area (Å²) in [4.78, 5) is 10.2. The Morgan fingerprint density at radius 3 is 0.812 bits per heavy atom. The van der Waals surface area contributed by atoms with Gasteiger partial charge in [0.25, 0.3) is 0 Å². The van der Waals surface area contributed by atoms with Crippen molar-refractivity contribution in [3.8, 4) is 33.8 Å². The number of nitrogens with zero attached hydrogens (tertiary/aromatic N) is 4. The summed E-state index contributed by atoms with van der Waals surface area (Å²) in [5.41, 5.74) is 21.4. The normalized spacial score (nSPS) is 16.6. The van der Waals surface area contributed by atoms with E-state index in [0.717, 1.165) is 33.6 Å². The molecule has 2 fully saturated rings. The number of benzene rings is 10. The second kappa shape index (κ2) is 25.3. The monoisotopic (exact) mass is 1230 g/mol. The third kappa shape index (κ3) is 11.4. The van der Waals surface area contributed by atoms with Crippen LogP contribution in [0.25, 0.3) is 22.3 Å². The predicted molar refractivity (Wildman–Crippen MR) is 325 cm³/mol. The molecule has 2 heterocycles. The molecule has 0 saturated carbocycles. The number of aromatic hydroxyl groups is 2. The fraction of sp³-hybridized carbons (Fsp3) is 0.167. The maximum Gasteiger partial charge on any atom is 0.123 e. The zero-order valence-electron chi connectivity index (χ0n) is 46.1. The minimum absolute atomic E-state index is 0. The molecule has 0 bridgehead atoms. The molecule has 6 nitrogen and oxygen atoms in total. The van der Waals surface area contributed by atoms with Crippen molar-refractivity contribution in [3.05, 3.63) is 298 Å². The zero-order valence-corrected chi connectivity index (χ0v) is 49.1. The van der Waals surface area contributed by atoms with E-state index in [4.69, 9.17) is 0 Å². The molecule has 2 N–H and O–H groups in total. The summed E-state index contributed by atoms with van der Waals surface area (Å²) < 4.78 is 0. The average molecular weight is 1240 g/mol. The fourth-order valence-corrected chi connectivity index (χ4v) is 12.8. The van der Waals surface area contributed by atoms with Gasteiger partial charge in [-0.2, -0.15) is 0 Å². The van der Waals surface area contributed by atoms with E-state index in [1.807, 2.05) is 36.4 Å². The number of anilines is 4. The van der Waals surface area contributed by atoms with E-state index in [1.165, 1.54) is 67.0 Å². The van der Waals surface area contributed by atoms with Gasteiger partial charge in [0.1, 0.15) is 11.5 Å². The first-order valence-corrected chi connectivity index (χ1v) is 27.2. The van der Waals surface area contributed by atoms with Crippen LogP contribution in [0, 0.1) is 41.5 Å². The van der Waals surface area contributed by atoms with Gasteiger partial charge in [0, 0.05) is 89.8 Å². The van der Waals surface area contributed by atoms with Crippen molar-refractivity contribution >= 4 is 22.7 Å². The van der Waals surface area contributed by atoms with E-state index in [2.05, 4.69) is 255 Å². The van der Waals surface area contributed by atoms with Crippen molar-refractivity contribution in [1.82, 2.24) is 0 Å². The molecule has 10 aromatic carbocycles. The van der Waals surface area contributed by atoms with Crippen LogP contribution in [0.5, 0.6) is 11.5 Å². The van der Waals surface area contributed by atoms with Crippen molar-refractivity contribution in [2.75, 3.05) is 32.9 Å². The number of phenolic OH excluding ortho intramolecular Hbond substituents is 2. The molecule has 8 heteroatoms. The number of rotatable bonds is 10. The molecule has 410 valence electrons. The Bertz CT molecular complexity index is 3400. The summed E-state index contributed by atoms with van der Waals surface area (Å²) in [5.74, 6) is 0.587. The van der Waals surface area contributed by atoms with Gasteiger partial charge in [0.2, 0.25) is 0 Å². The van der Waals surface area contributed by atoms with Crippen LogP contribution >= 0.6 is 0 Å². The van der Waals surface area contributed by atoms with Gasteiger partial charge in [-0.1, -0.05) is 230 Å². The second-order valence-corrected chi connectivity index (χ2v) is 21.1. The SMILES string of the molecule is Cc1cc(C)c(N2CN(c3ccccc3-c3ccccc3O)[C@@H](c3ccccc3)[C@@H]2c2ccccc2)c(C)c1.Cc1cc(C)c(N2CN(c3ccccc3-c3ccccc3O)[C@@H](c3ccccc3)[C@@H]2c2ccccc2)c(C)c1.[Ag].[Ag]. The van der Waals surface area contributed by atoms with E-state index < -0.39 is 0 Å². The Kier molecular flexibility index (Phi) is 18.1. The average Bonchev–Trinajstić information content (AvgIpc) is 4.18. The number of hydrogen-bond acceptors (Lipinski definition) is 6. The summed E-state index contributed by atoms with van der Waals surface area (Å²) in [6, 6.07) is 85.1. The van der Waals surface area contributed by atoms with Crippen LogP contribution in [-0.2, 0) is 44.8 Å². The molecule has 0 amide bonds. The van der Waals surface area contributed by atoms with Crippen molar-refractivity contribution in [1.29, 1.82) is 0 Å². The minimum atomic E-state index is 0. The Morgan fingerprint density at radius 1 is 0.287 bits per heavy atom. The molecule has 4 atom stereocenters. The Morgan fingerprint density at radius 2 is 0.525 bits per heavy atom. The topological polar surface area (TPSA) is 53.4 Å². The molecule has 0 aliphatic carbocycles. The Hall–Kier alpha value is -7.52. The smallest absolute Gasteiger partial charge is 0.123 e. The van der Waals surface area contributed by atoms with Gasteiger partial charge in [-0.05, 0) is 110 Å². The molecule has 0 aromatic heterocycles. The molecule has 2 saturated heterocycles. The second-order valence-electron chi connectivity index (χ2n) is 21.1. The van der Waals surface area contributed by atoms with Gasteiger partial charge in [0.05, 0.1) is 37.5 Å². The van der Waals surface area contributed by atoms with Crippen LogP contribution < -0.4 is 19.6 Å². The molecule has 2 radical (unpaired) electrons. The van der Waals surface area contributed by atoms with Gasteiger partial charge in [-0.3, -0.25) is 0 Å². The molecule has 2 aliphatic heterocycles. The van der Waals surface area contributed by atoms with Crippen molar-refractivity contribution in [2.24, 2.45) is 0 Å². The van der Waals surface area contributed by atoms with E-state index in [1.54, 1.807) is 12.1 Å². The number of aryl methyl sites for hydroxylation is 6. The summed E-state index contributed by atoms with van der Waals surface area (Å²) >= 11 is 0. The summed E-state index contributed by atoms with van der Waals surface area (Å²) in [5, 5.41) is 21.7. The van der Waals surface area contributed by atoms with Gasteiger partial charge in [0.15, 0.2) is 0 Å². The van der Waals surface area contributed by atoms with Gasteiger partial charge < -0.3 is 29.8 Å². The number of para-hydroxylation sites is 4.